The van der Waals surface area contributed by atoms with E-state index in [4.69, 9.17) is 9.88 Å². The van der Waals surface area contributed by atoms with Gasteiger partial charge in [0.05, 0.1) is 7.11 Å². The number of para-hydroxylation sites is 1. The summed E-state index contributed by atoms with van der Waals surface area (Å²) in [6, 6.07) is 7.50. The van der Waals surface area contributed by atoms with Crippen LogP contribution in [0.2, 0.25) is 0 Å². The van der Waals surface area contributed by atoms with Crippen LogP contribution in [0.4, 0.5) is 0 Å². The molecule has 1 aromatic heterocycles. The summed E-state index contributed by atoms with van der Waals surface area (Å²) >= 11 is 0. The van der Waals surface area contributed by atoms with Gasteiger partial charge in [-0.2, -0.15) is 0 Å². The van der Waals surface area contributed by atoms with E-state index in [2.05, 4.69) is 10.2 Å². The van der Waals surface area contributed by atoms with Gasteiger partial charge in [0.2, 0.25) is 0 Å². The van der Waals surface area contributed by atoms with Crippen LogP contribution in [0, 0.1) is 0 Å². The number of benzene rings is 1. The lowest BCUT2D eigenvalue weighted by atomic mass is 10.1. The van der Waals surface area contributed by atoms with E-state index in [9.17, 15) is 8.42 Å². The number of methoxy groups -OCH3 is 1. The maximum atomic E-state index is 11.5. The summed E-state index contributed by atoms with van der Waals surface area (Å²) in [6.07, 6.45) is 1.17. The van der Waals surface area contributed by atoms with Crippen LogP contribution in [0.5, 0.6) is 5.75 Å². The lowest BCUT2D eigenvalue weighted by molar-refractivity contribution is 0.410. The van der Waals surface area contributed by atoms with E-state index in [1.807, 2.05) is 31.2 Å². The van der Waals surface area contributed by atoms with E-state index in [0.29, 0.717) is 18.8 Å². The molecular formula is C13H18N4O3S. The van der Waals surface area contributed by atoms with Gasteiger partial charge in [0.1, 0.15) is 11.6 Å². The van der Waals surface area contributed by atoms with E-state index in [0.717, 1.165) is 17.7 Å². The molecule has 1 heterocycles. The number of sulfonamides is 1. The standard InChI is InChI=1S/C13H18N4O3S/c1-3-8-17-12(15-16-13(17)21(14,18)19)9-10-6-4-5-7-11(10)20-2/h4-7H,3,8-9H2,1-2H3,(H2,14,18,19). The Hall–Kier alpha value is -1.93. The van der Waals surface area contributed by atoms with Crippen LogP contribution in [-0.4, -0.2) is 30.3 Å². The summed E-state index contributed by atoms with van der Waals surface area (Å²) in [7, 11) is -2.30. The Labute approximate surface area is 123 Å². The van der Waals surface area contributed by atoms with Crippen molar-refractivity contribution in [3.05, 3.63) is 35.7 Å². The quantitative estimate of drug-likeness (QED) is 0.855. The van der Waals surface area contributed by atoms with Gasteiger partial charge in [-0.25, -0.2) is 13.6 Å². The second-order valence-electron chi connectivity index (χ2n) is 4.58. The average Bonchev–Trinajstić information content (AvgIpc) is 2.83. The summed E-state index contributed by atoms with van der Waals surface area (Å²) in [5.74, 6) is 1.27. The van der Waals surface area contributed by atoms with Gasteiger partial charge in [0, 0.05) is 18.5 Å². The minimum atomic E-state index is -3.88. The molecule has 2 rings (SSSR count). The SMILES string of the molecule is CCCn1c(Cc2ccccc2OC)nnc1S(N)(=O)=O. The topological polar surface area (TPSA) is 100 Å². The van der Waals surface area contributed by atoms with Crippen molar-refractivity contribution in [3.8, 4) is 5.75 Å². The van der Waals surface area contributed by atoms with Gasteiger partial charge in [0.15, 0.2) is 0 Å². The van der Waals surface area contributed by atoms with Crippen molar-refractivity contribution in [2.24, 2.45) is 5.14 Å². The predicted molar refractivity (Wildman–Crippen MR) is 77.5 cm³/mol. The first-order chi connectivity index (χ1) is 9.97. The molecule has 0 bridgehead atoms. The summed E-state index contributed by atoms with van der Waals surface area (Å²) in [5, 5.41) is 12.7. The van der Waals surface area contributed by atoms with Crippen molar-refractivity contribution in [2.75, 3.05) is 7.11 Å². The average molecular weight is 310 g/mol. The monoisotopic (exact) mass is 310 g/mol. The number of nitrogens with zero attached hydrogens (tertiary/aromatic N) is 3. The molecule has 0 radical (unpaired) electrons. The van der Waals surface area contributed by atoms with Crippen LogP contribution in [0.25, 0.3) is 0 Å². The summed E-state index contributed by atoms with van der Waals surface area (Å²) in [4.78, 5) is 0. The van der Waals surface area contributed by atoms with Crippen LogP contribution >= 0.6 is 0 Å². The number of nitrogens with two attached hydrogens (primary N) is 1. The van der Waals surface area contributed by atoms with E-state index in [-0.39, 0.29) is 5.16 Å². The third-order valence-corrected chi connectivity index (χ3v) is 3.85. The Morgan fingerprint density at radius 2 is 2.00 bits per heavy atom. The molecule has 114 valence electrons. The third-order valence-electron chi connectivity index (χ3n) is 3.04. The maximum absolute atomic E-state index is 11.5. The fraction of sp³-hybridized carbons (Fsp3) is 0.385. The van der Waals surface area contributed by atoms with E-state index in [1.54, 1.807) is 11.7 Å². The number of rotatable bonds is 6. The predicted octanol–water partition coefficient (Wildman–Crippen LogP) is 0.935. The minimum Gasteiger partial charge on any atom is -0.496 e. The van der Waals surface area contributed by atoms with E-state index < -0.39 is 10.0 Å². The number of hydrogen-bond acceptors (Lipinski definition) is 5. The third kappa shape index (κ3) is 3.40. The van der Waals surface area contributed by atoms with Gasteiger partial charge in [-0.05, 0) is 12.5 Å². The largest absolute Gasteiger partial charge is 0.496 e. The van der Waals surface area contributed by atoms with Crippen molar-refractivity contribution in [3.63, 3.8) is 0 Å². The van der Waals surface area contributed by atoms with Crippen LogP contribution in [0.3, 0.4) is 0 Å². The van der Waals surface area contributed by atoms with Gasteiger partial charge in [-0.1, -0.05) is 25.1 Å². The van der Waals surface area contributed by atoms with Gasteiger partial charge >= 0.3 is 0 Å². The van der Waals surface area contributed by atoms with E-state index in [1.165, 1.54) is 0 Å². The van der Waals surface area contributed by atoms with Crippen molar-refractivity contribution >= 4 is 10.0 Å². The first-order valence-electron chi connectivity index (χ1n) is 6.54. The van der Waals surface area contributed by atoms with Crippen molar-refractivity contribution in [2.45, 2.75) is 31.5 Å². The Balaban J connectivity index is 2.43. The fourth-order valence-electron chi connectivity index (χ4n) is 2.13. The number of ether oxygens (including phenoxy) is 1. The molecule has 21 heavy (non-hydrogen) atoms. The number of primary sulfonamides is 1. The summed E-state index contributed by atoms with van der Waals surface area (Å²) in [5.41, 5.74) is 0.908. The molecule has 0 aliphatic heterocycles. The molecule has 7 nitrogen and oxygen atoms in total. The highest BCUT2D eigenvalue weighted by Gasteiger charge is 2.21. The summed E-state index contributed by atoms with van der Waals surface area (Å²) in [6.45, 7) is 2.43. The highest BCUT2D eigenvalue weighted by Crippen LogP contribution is 2.21. The van der Waals surface area contributed by atoms with Crippen LogP contribution < -0.4 is 9.88 Å². The molecule has 0 saturated heterocycles. The van der Waals surface area contributed by atoms with Gasteiger partial charge in [0.25, 0.3) is 15.2 Å². The molecular weight excluding hydrogens is 292 g/mol. The fourth-order valence-corrected chi connectivity index (χ4v) is 2.79. The number of aromatic nitrogens is 3. The zero-order chi connectivity index (χ0) is 15.5. The highest BCUT2D eigenvalue weighted by atomic mass is 32.2. The molecule has 8 heteroatoms. The molecule has 0 saturated carbocycles. The zero-order valence-electron chi connectivity index (χ0n) is 12.0. The first-order valence-corrected chi connectivity index (χ1v) is 8.08. The lowest BCUT2D eigenvalue weighted by Gasteiger charge is -2.10. The molecule has 0 aliphatic rings. The molecule has 2 N–H and O–H groups in total. The van der Waals surface area contributed by atoms with Crippen LogP contribution in [0.1, 0.15) is 24.7 Å². The second-order valence-corrected chi connectivity index (χ2v) is 6.04. The minimum absolute atomic E-state index is 0.200. The van der Waals surface area contributed by atoms with Crippen molar-refractivity contribution in [1.29, 1.82) is 0 Å². The van der Waals surface area contributed by atoms with E-state index >= 15 is 0 Å². The molecule has 0 atom stereocenters. The van der Waals surface area contributed by atoms with Gasteiger partial charge in [-0.3, -0.25) is 0 Å². The van der Waals surface area contributed by atoms with Crippen LogP contribution in [-0.2, 0) is 23.0 Å². The van der Waals surface area contributed by atoms with Crippen molar-refractivity contribution in [1.82, 2.24) is 14.8 Å². The maximum Gasteiger partial charge on any atom is 0.273 e. The molecule has 0 spiro atoms. The molecule has 0 unspecified atom stereocenters. The smallest absolute Gasteiger partial charge is 0.273 e. The Morgan fingerprint density at radius 1 is 1.29 bits per heavy atom. The zero-order valence-corrected chi connectivity index (χ0v) is 12.8. The molecule has 2 aromatic rings. The van der Waals surface area contributed by atoms with Gasteiger partial charge < -0.3 is 9.30 Å². The highest BCUT2D eigenvalue weighted by molar-refractivity contribution is 7.89. The first kappa shape index (κ1) is 15.5. The molecule has 0 aliphatic carbocycles. The molecule has 0 amide bonds. The number of hydrogen-bond donors (Lipinski definition) is 1. The Kier molecular flexibility index (Phi) is 4.59. The molecule has 0 fully saturated rings. The second kappa shape index (κ2) is 6.23. The van der Waals surface area contributed by atoms with Crippen molar-refractivity contribution < 1.29 is 13.2 Å². The van der Waals surface area contributed by atoms with Gasteiger partial charge in [-0.15, -0.1) is 10.2 Å². The lowest BCUT2D eigenvalue weighted by Crippen LogP contribution is -2.19. The molecule has 1 aromatic carbocycles. The Morgan fingerprint density at radius 3 is 2.62 bits per heavy atom. The van der Waals surface area contributed by atoms with Crippen LogP contribution in [0.15, 0.2) is 29.4 Å². The summed E-state index contributed by atoms with van der Waals surface area (Å²) < 4.78 is 29.9. The Bertz CT molecular complexity index is 725. The normalized spacial score (nSPS) is 11.6.